The molecule has 30 heavy (non-hydrogen) atoms. The standard InChI is InChI=1S/C16H24N4O2.C5H4ClN.ClH/c1-12(21)20-10-4-13(5-11-20)15-16(19-9-8-18-15)22-14-2-6-17-7-3-14;6-5-3-1-2-4-7-5;/h8-9,13-14,17H,2-7,10-11H2,1H3;1-4H;1H. The van der Waals surface area contributed by atoms with Crippen LogP contribution in [0.4, 0.5) is 0 Å². The monoisotopic (exact) mass is 453 g/mol. The van der Waals surface area contributed by atoms with Gasteiger partial charge in [0.1, 0.15) is 17.0 Å². The molecule has 0 unspecified atom stereocenters. The molecule has 2 aromatic heterocycles. The predicted molar refractivity (Wildman–Crippen MR) is 119 cm³/mol. The number of nitrogens with one attached hydrogen (secondary N) is 1. The molecule has 2 saturated heterocycles. The summed E-state index contributed by atoms with van der Waals surface area (Å²) in [5.74, 6) is 1.18. The third-order valence-corrected chi connectivity index (χ3v) is 5.44. The van der Waals surface area contributed by atoms with Crippen LogP contribution in [0.25, 0.3) is 0 Å². The summed E-state index contributed by atoms with van der Waals surface area (Å²) in [6, 6.07) is 5.41. The lowest BCUT2D eigenvalue weighted by Crippen LogP contribution is -2.37. The molecule has 7 nitrogen and oxygen atoms in total. The Balaban J connectivity index is 0.000000341. The van der Waals surface area contributed by atoms with Crippen molar-refractivity contribution in [2.45, 2.75) is 44.6 Å². The minimum Gasteiger partial charge on any atom is -0.473 e. The maximum absolute atomic E-state index is 11.4. The lowest BCUT2D eigenvalue weighted by atomic mass is 9.93. The van der Waals surface area contributed by atoms with Gasteiger partial charge in [0.15, 0.2) is 0 Å². The topological polar surface area (TPSA) is 80.2 Å². The maximum Gasteiger partial charge on any atom is 0.236 e. The molecular weight excluding hydrogens is 425 g/mol. The Bertz CT molecular complexity index is 767. The van der Waals surface area contributed by atoms with Crippen LogP contribution in [0.3, 0.4) is 0 Å². The first-order chi connectivity index (χ1) is 14.1. The highest BCUT2D eigenvalue weighted by Crippen LogP contribution is 2.32. The zero-order valence-corrected chi connectivity index (χ0v) is 18.7. The Kier molecular flexibility index (Phi) is 10.3. The number of aromatic nitrogens is 3. The minimum atomic E-state index is 0. The molecule has 0 atom stereocenters. The Morgan fingerprint density at radius 2 is 1.77 bits per heavy atom. The van der Waals surface area contributed by atoms with Gasteiger partial charge in [-0.25, -0.2) is 9.97 Å². The summed E-state index contributed by atoms with van der Waals surface area (Å²) in [5.41, 5.74) is 0.962. The number of carbonyl (C=O) groups is 1. The lowest BCUT2D eigenvalue weighted by molar-refractivity contribution is -0.129. The summed E-state index contributed by atoms with van der Waals surface area (Å²) in [5, 5.41) is 3.88. The van der Waals surface area contributed by atoms with Crippen molar-refractivity contribution in [2.75, 3.05) is 26.2 Å². The van der Waals surface area contributed by atoms with Crippen LogP contribution in [0.15, 0.2) is 36.8 Å². The molecular formula is C21H29Cl2N5O2. The molecule has 4 heterocycles. The zero-order chi connectivity index (χ0) is 20.5. The van der Waals surface area contributed by atoms with Crippen LogP contribution in [-0.2, 0) is 4.79 Å². The molecule has 2 aliphatic rings. The van der Waals surface area contributed by atoms with Gasteiger partial charge in [-0.05, 0) is 50.9 Å². The van der Waals surface area contributed by atoms with Gasteiger partial charge >= 0.3 is 0 Å². The summed E-state index contributed by atoms with van der Waals surface area (Å²) in [4.78, 5) is 26.0. The van der Waals surface area contributed by atoms with Crippen LogP contribution in [0.2, 0.25) is 5.15 Å². The fourth-order valence-electron chi connectivity index (χ4n) is 3.59. The van der Waals surface area contributed by atoms with Gasteiger partial charge in [-0.2, -0.15) is 0 Å². The highest BCUT2D eigenvalue weighted by molar-refractivity contribution is 6.29. The normalized spacial score (nSPS) is 17.3. The molecule has 1 amide bonds. The molecule has 0 aliphatic carbocycles. The summed E-state index contributed by atoms with van der Waals surface area (Å²) < 4.78 is 6.12. The average molecular weight is 454 g/mol. The molecule has 1 N–H and O–H groups in total. The van der Waals surface area contributed by atoms with E-state index in [1.165, 1.54) is 0 Å². The third kappa shape index (κ3) is 7.38. The fraction of sp³-hybridized carbons (Fsp3) is 0.524. The van der Waals surface area contributed by atoms with Crippen LogP contribution < -0.4 is 10.1 Å². The number of hydrogen-bond acceptors (Lipinski definition) is 6. The molecule has 0 radical (unpaired) electrons. The van der Waals surface area contributed by atoms with E-state index in [1.807, 2.05) is 17.0 Å². The number of ether oxygens (including phenoxy) is 1. The van der Waals surface area contributed by atoms with Crippen molar-refractivity contribution < 1.29 is 9.53 Å². The van der Waals surface area contributed by atoms with Gasteiger partial charge in [0.2, 0.25) is 11.8 Å². The van der Waals surface area contributed by atoms with Crippen molar-refractivity contribution in [1.29, 1.82) is 0 Å². The Morgan fingerprint density at radius 3 is 2.33 bits per heavy atom. The summed E-state index contributed by atoms with van der Waals surface area (Å²) in [6.45, 7) is 5.22. The molecule has 0 saturated carbocycles. The van der Waals surface area contributed by atoms with E-state index in [2.05, 4.69) is 20.3 Å². The van der Waals surface area contributed by atoms with Gasteiger partial charge in [-0.3, -0.25) is 9.78 Å². The number of hydrogen-bond donors (Lipinski definition) is 1. The van der Waals surface area contributed by atoms with Gasteiger partial charge in [-0.1, -0.05) is 17.7 Å². The molecule has 164 valence electrons. The first-order valence-corrected chi connectivity index (χ1v) is 10.5. The number of pyridine rings is 1. The largest absolute Gasteiger partial charge is 0.473 e. The van der Waals surface area contributed by atoms with E-state index in [0.29, 0.717) is 17.0 Å². The molecule has 9 heteroatoms. The molecule has 0 aromatic carbocycles. The molecule has 0 spiro atoms. The Hall–Kier alpha value is -1.96. The van der Waals surface area contributed by atoms with Crippen LogP contribution in [0.5, 0.6) is 5.88 Å². The van der Waals surface area contributed by atoms with Crippen molar-refractivity contribution in [1.82, 2.24) is 25.2 Å². The molecule has 2 aromatic rings. The van der Waals surface area contributed by atoms with Gasteiger partial charge in [-0.15, -0.1) is 12.4 Å². The first-order valence-electron chi connectivity index (χ1n) is 10.1. The predicted octanol–water partition coefficient (Wildman–Crippen LogP) is 3.49. The minimum absolute atomic E-state index is 0. The zero-order valence-electron chi connectivity index (χ0n) is 17.2. The lowest BCUT2D eigenvalue weighted by Gasteiger charge is -2.32. The van der Waals surface area contributed by atoms with E-state index in [9.17, 15) is 4.79 Å². The van der Waals surface area contributed by atoms with Crippen LogP contribution in [0.1, 0.15) is 44.2 Å². The van der Waals surface area contributed by atoms with Gasteiger partial charge < -0.3 is 15.0 Å². The van der Waals surface area contributed by atoms with E-state index < -0.39 is 0 Å². The van der Waals surface area contributed by atoms with E-state index in [4.69, 9.17) is 16.3 Å². The highest BCUT2D eigenvalue weighted by atomic mass is 35.5. The second-order valence-electron chi connectivity index (χ2n) is 7.25. The van der Waals surface area contributed by atoms with Crippen molar-refractivity contribution in [3.63, 3.8) is 0 Å². The first kappa shape index (κ1) is 24.3. The number of likely N-dealkylation sites (tertiary alicyclic amines) is 1. The smallest absolute Gasteiger partial charge is 0.236 e. The van der Waals surface area contributed by atoms with E-state index in [0.717, 1.165) is 57.6 Å². The van der Waals surface area contributed by atoms with Gasteiger partial charge in [0.05, 0.1) is 0 Å². The van der Waals surface area contributed by atoms with Crippen LogP contribution >= 0.6 is 24.0 Å². The summed E-state index contributed by atoms with van der Waals surface area (Å²) >= 11 is 5.43. The van der Waals surface area contributed by atoms with Gasteiger partial charge in [0.25, 0.3) is 0 Å². The molecule has 0 bridgehead atoms. The Morgan fingerprint density at radius 1 is 1.07 bits per heavy atom. The number of nitrogens with zero attached hydrogens (tertiary/aromatic N) is 4. The number of amides is 1. The van der Waals surface area contributed by atoms with Crippen molar-refractivity contribution >= 4 is 29.9 Å². The van der Waals surface area contributed by atoms with Crippen molar-refractivity contribution in [3.8, 4) is 5.88 Å². The number of rotatable bonds is 3. The molecule has 4 rings (SSSR count). The van der Waals surface area contributed by atoms with Gasteiger partial charge in [0, 0.05) is 44.5 Å². The number of piperidine rings is 2. The Labute approximate surface area is 189 Å². The van der Waals surface area contributed by atoms with Crippen LogP contribution in [0, 0.1) is 0 Å². The summed E-state index contributed by atoms with van der Waals surface area (Å²) in [7, 11) is 0. The fourth-order valence-corrected chi connectivity index (χ4v) is 3.72. The second kappa shape index (κ2) is 12.7. The number of halogens is 2. The molecule has 2 fully saturated rings. The second-order valence-corrected chi connectivity index (χ2v) is 7.63. The third-order valence-electron chi connectivity index (χ3n) is 5.21. The molecule has 2 aliphatic heterocycles. The van der Waals surface area contributed by atoms with Crippen LogP contribution in [-0.4, -0.2) is 58.0 Å². The number of carbonyl (C=O) groups excluding carboxylic acids is 1. The maximum atomic E-state index is 11.4. The van der Waals surface area contributed by atoms with E-state index >= 15 is 0 Å². The van der Waals surface area contributed by atoms with Crippen molar-refractivity contribution in [3.05, 3.63) is 47.6 Å². The van der Waals surface area contributed by atoms with E-state index in [1.54, 1.807) is 31.6 Å². The van der Waals surface area contributed by atoms with E-state index in [-0.39, 0.29) is 24.4 Å². The highest BCUT2D eigenvalue weighted by Gasteiger charge is 2.27. The summed E-state index contributed by atoms with van der Waals surface area (Å²) in [6.07, 6.45) is 9.21. The SMILES string of the molecule is CC(=O)N1CCC(c2nccnc2OC2CCNCC2)CC1.Cl.Clc1ccccn1. The van der Waals surface area contributed by atoms with Crippen molar-refractivity contribution in [2.24, 2.45) is 0 Å². The quantitative estimate of drug-likeness (QED) is 0.716. The average Bonchev–Trinajstić information content (AvgIpc) is 2.76.